The van der Waals surface area contributed by atoms with Crippen LogP contribution in [0.2, 0.25) is 0 Å². The molecule has 0 spiro atoms. The molecule has 4 nitrogen and oxygen atoms in total. The van der Waals surface area contributed by atoms with Gasteiger partial charge in [-0.3, -0.25) is 10.8 Å². The highest BCUT2D eigenvalue weighted by Gasteiger charge is 2.14. The van der Waals surface area contributed by atoms with E-state index in [1.165, 1.54) is 36.8 Å². The van der Waals surface area contributed by atoms with E-state index in [9.17, 15) is 0 Å². The molecular weight excluding hydrogens is 324 g/mol. The SMILES string of the molecule is [NH2+]=C/C=C\C1=C(OCCCCO/C=C\C=C2\CCCCC2=[NH2+])CCCC1. The normalized spacial score (nSPS) is 20.3. The van der Waals surface area contributed by atoms with Crippen molar-refractivity contribution >= 4 is 11.9 Å². The highest BCUT2D eigenvalue weighted by atomic mass is 16.5. The molecule has 0 aromatic rings. The topological polar surface area (TPSA) is 69.6 Å². The van der Waals surface area contributed by atoms with Gasteiger partial charge in [0.15, 0.2) is 11.9 Å². The Hall–Kier alpha value is -2.10. The molecule has 4 heteroatoms. The van der Waals surface area contributed by atoms with Gasteiger partial charge < -0.3 is 9.47 Å². The second kappa shape index (κ2) is 12.3. The maximum Gasteiger partial charge on any atom is 0.175 e. The number of ether oxygens (including phenoxy) is 2. The molecule has 1 saturated carbocycles. The zero-order valence-electron chi connectivity index (χ0n) is 15.9. The lowest BCUT2D eigenvalue weighted by Gasteiger charge is -2.18. The lowest BCUT2D eigenvalue weighted by molar-refractivity contribution is -0.116. The Labute approximate surface area is 157 Å². The van der Waals surface area contributed by atoms with E-state index in [1.54, 1.807) is 12.5 Å². The largest absolute Gasteiger partial charge is 0.501 e. The van der Waals surface area contributed by atoms with E-state index < -0.39 is 0 Å². The van der Waals surface area contributed by atoms with Gasteiger partial charge in [-0.2, -0.15) is 0 Å². The summed E-state index contributed by atoms with van der Waals surface area (Å²) in [7, 11) is 0. The van der Waals surface area contributed by atoms with E-state index in [2.05, 4.69) is 12.2 Å². The molecule has 0 aromatic carbocycles. The molecule has 0 aliphatic heterocycles. The Balaban J connectivity index is 1.59. The summed E-state index contributed by atoms with van der Waals surface area (Å²) in [4.78, 5) is 0. The molecule has 0 atom stereocenters. The molecule has 2 aliphatic carbocycles. The molecule has 0 saturated heterocycles. The first kappa shape index (κ1) is 20.2. The fourth-order valence-corrected chi connectivity index (χ4v) is 3.32. The van der Waals surface area contributed by atoms with Gasteiger partial charge in [0.1, 0.15) is 0 Å². The molecule has 2 aliphatic rings. The Morgan fingerprint density at radius 3 is 2.50 bits per heavy atom. The summed E-state index contributed by atoms with van der Waals surface area (Å²) in [5, 5.41) is 11.4. The molecule has 0 aromatic heterocycles. The van der Waals surface area contributed by atoms with Crippen LogP contribution < -0.4 is 10.8 Å². The summed E-state index contributed by atoms with van der Waals surface area (Å²) in [6, 6.07) is 0. The third-order valence-electron chi connectivity index (χ3n) is 4.83. The Morgan fingerprint density at radius 1 is 0.885 bits per heavy atom. The van der Waals surface area contributed by atoms with Crippen LogP contribution in [-0.2, 0) is 9.47 Å². The van der Waals surface area contributed by atoms with Crippen molar-refractivity contribution in [1.82, 2.24) is 0 Å². The molecule has 0 heterocycles. The molecule has 2 rings (SSSR count). The van der Waals surface area contributed by atoms with Crippen molar-refractivity contribution < 1.29 is 20.3 Å². The second-order valence-corrected chi connectivity index (χ2v) is 6.89. The van der Waals surface area contributed by atoms with Crippen LogP contribution in [0.25, 0.3) is 0 Å². The van der Waals surface area contributed by atoms with Gasteiger partial charge in [0.05, 0.1) is 25.2 Å². The van der Waals surface area contributed by atoms with Crippen LogP contribution in [0.4, 0.5) is 0 Å². The van der Waals surface area contributed by atoms with Crippen LogP contribution in [0.1, 0.15) is 64.2 Å². The van der Waals surface area contributed by atoms with Gasteiger partial charge in [0, 0.05) is 24.5 Å². The molecule has 26 heavy (non-hydrogen) atoms. The third-order valence-corrected chi connectivity index (χ3v) is 4.83. The number of allylic oxidation sites excluding steroid dienone is 7. The van der Waals surface area contributed by atoms with Crippen LogP contribution in [0.3, 0.4) is 0 Å². The number of hydrogen-bond donors (Lipinski definition) is 2. The fraction of sp³-hybridized carbons (Fsp3) is 0.545. The van der Waals surface area contributed by atoms with Crippen LogP contribution in [0, 0.1) is 0 Å². The van der Waals surface area contributed by atoms with Crippen molar-refractivity contribution in [3.8, 4) is 0 Å². The highest BCUT2D eigenvalue weighted by Crippen LogP contribution is 2.26. The van der Waals surface area contributed by atoms with Gasteiger partial charge in [0.2, 0.25) is 0 Å². The third kappa shape index (κ3) is 7.42. The van der Waals surface area contributed by atoms with Crippen molar-refractivity contribution in [3.05, 3.63) is 47.5 Å². The monoisotopic (exact) mass is 358 g/mol. The average molecular weight is 359 g/mol. The Bertz CT molecular complexity index is 585. The van der Waals surface area contributed by atoms with Crippen molar-refractivity contribution in [2.24, 2.45) is 0 Å². The lowest BCUT2D eigenvalue weighted by Crippen LogP contribution is -2.41. The van der Waals surface area contributed by atoms with Crippen molar-refractivity contribution in [3.63, 3.8) is 0 Å². The summed E-state index contributed by atoms with van der Waals surface area (Å²) < 4.78 is 11.5. The molecule has 0 amide bonds. The maximum atomic E-state index is 6.02. The van der Waals surface area contributed by atoms with E-state index in [-0.39, 0.29) is 0 Å². The first-order chi connectivity index (χ1) is 12.8. The Morgan fingerprint density at radius 2 is 1.65 bits per heavy atom. The quantitative estimate of drug-likeness (QED) is 0.357. The van der Waals surface area contributed by atoms with Crippen molar-refractivity contribution in [2.75, 3.05) is 13.2 Å². The fourth-order valence-electron chi connectivity index (χ4n) is 3.32. The second-order valence-electron chi connectivity index (χ2n) is 6.89. The summed E-state index contributed by atoms with van der Waals surface area (Å²) in [6.07, 6.45) is 22.5. The van der Waals surface area contributed by atoms with E-state index in [4.69, 9.17) is 20.3 Å². The van der Waals surface area contributed by atoms with E-state index >= 15 is 0 Å². The van der Waals surface area contributed by atoms with Gasteiger partial charge in [0.25, 0.3) is 0 Å². The number of nitrogens with two attached hydrogens (primary N) is 2. The smallest absolute Gasteiger partial charge is 0.175 e. The van der Waals surface area contributed by atoms with Crippen LogP contribution >= 0.6 is 0 Å². The molecule has 0 unspecified atom stereocenters. The Kier molecular flexibility index (Phi) is 9.55. The molecule has 0 bridgehead atoms. The molecule has 4 N–H and O–H groups in total. The summed E-state index contributed by atoms with van der Waals surface area (Å²) in [5.41, 5.74) is 3.60. The molecule has 0 radical (unpaired) electrons. The van der Waals surface area contributed by atoms with Crippen LogP contribution in [-0.4, -0.2) is 25.1 Å². The van der Waals surface area contributed by atoms with Crippen LogP contribution in [0.5, 0.6) is 0 Å². The summed E-state index contributed by atoms with van der Waals surface area (Å²) >= 11 is 0. The minimum Gasteiger partial charge on any atom is -0.501 e. The molecular formula is C22H34N2O2+2. The first-order valence-electron chi connectivity index (χ1n) is 9.96. The van der Waals surface area contributed by atoms with E-state index in [1.807, 2.05) is 12.2 Å². The zero-order valence-corrected chi connectivity index (χ0v) is 15.9. The predicted octanol–water partition coefficient (Wildman–Crippen LogP) is 2.23. The van der Waals surface area contributed by atoms with Crippen LogP contribution in [0.15, 0.2) is 47.5 Å². The predicted molar refractivity (Wildman–Crippen MR) is 106 cm³/mol. The zero-order chi connectivity index (χ0) is 18.5. The minimum absolute atomic E-state index is 0.718. The summed E-state index contributed by atoms with van der Waals surface area (Å²) in [6.45, 7) is 1.47. The maximum absolute atomic E-state index is 6.02. The van der Waals surface area contributed by atoms with E-state index in [0.29, 0.717) is 0 Å². The van der Waals surface area contributed by atoms with Crippen molar-refractivity contribution in [2.45, 2.75) is 64.2 Å². The number of hydrogen-bond acceptors (Lipinski definition) is 2. The molecule has 1 fully saturated rings. The number of rotatable bonds is 10. The van der Waals surface area contributed by atoms with Crippen molar-refractivity contribution in [1.29, 1.82) is 0 Å². The van der Waals surface area contributed by atoms with Gasteiger partial charge in [-0.25, -0.2) is 0 Å². The van der Waals surface area contributed by atoms with Gasteiger partial charge in [-0.1, -0.05) is 0 Å². The van der Waals surface area contributed by atoms with Gasteiger partial charge >= 0.3 is 0 Å². The van der Waals surface area contributed by atoms with Gasteiger partial charge in [-0.05, 0) is 75.2 Å². The highest BCUT2D eigenvalue weighted by molar-refractivity contribution is 5.96. The average Bonchev–Trinajstić information content (AvgIpc) is 2.67. The first-order valence-corrected chi connectivity index (χ1v) is 9.96. The minimum atomic E-state index is 0.718. The standard InChI is InChI=1S/C22H32N2O2/c23-15-7-11-20-10-2-4-14-22(20)26-18-6-5-16-25-17-8-12-19-9-1-3-13-21(19)24/h7-8,11-12,15,17,23-24H,1-6,9-10,13-14,16,18H2/p+2/b11-7-,17-8-,19-12-,23-15?,24-21?. The lowest BCUT2D eigenvalue weighted by atomic mass is 9.93. The molecule has 142 valence electrons. The summed E-state index contributed by atoms with van der Waals surface area (Å²) in [5.74, 6) is 1.14. The van der Waals surface area contributed by atoms with E-state index in [0.717, 1.165) is 63.2 Å². The number of unbranched alkanes of at least 4 members (excludes halogenated alkanes) is 1. The van der Waals surface area contributed by atoms with Gasteiger partial charge in [-0.15, -0.1) is 0 Å².